The zero-order valence-corrected chi connectivity index (χ0v) is 23.5. The topological polar surface area (TPSA) is 178 Å². The van der Waals surface area contributed by atoms with Crippen molar-refractivity contribution in [3.8, 4) is 0 Å². The van der Waals surface area contributed by atoms with Gasteiger partial charge in [-0.2, -0.15) is 8.42 Å². The molecule has 0 bridgehead atoms. The molecule has 2 aliphatic heterocycles. The van der Waals surface area contributed by atoms with Gasteiger partial charge in [0.2, 0.25) is 0 Å². The number of rotatable bonds is 7. The van der Waals surface area contributed by atoms with Crippen LogP contribution in [0.1, 0.15) is 40.8 Å². The van der Waals surface area contributed by atoms with E-state index in [4.69, 9.17) is 19.3 Å². The molecule has 2 amide bonds. The number of carbonyl (C=O) groups is 2. The first-order chi connectivity index (χ1) is 20.4. The van der Waals surface area contributed by atoms with Gasteiger partial charge in [0, 0.05) is 11.1 Å². The second-order valence-electron chi connectivity index (χ2n) is 10.3. The zero-order chi connectivity index (χ0) is 30.6. The van der Waals surface area contributed by atoms with Gasteiger partial charge < -0.3 is 14.2 Å². The molecule has 16 heteroatoms. The van der Waals surface area contributed by atoms with Crippen molar-refractivity contribution in [1.82, 2.24) is 19.5 Å². The van der Waals surface area contributed by atoms with Gasteiger partial charge in [-0.25, -0.2) is 29.4 Å². The van der Waals surface area contributed by atoms with Crippen LogP contribution < -0.4 is 10.0 Å². The fourth-order valence-electron chi connectivity index (χ4n) is 5.05. The molecule has 4 aromatic rings. The first-order valence-corrected chi connectivity index (χ1v) is 14.4. The van der Waals surface area contributed by atoms with Crippen LogP contribution in [0.2, 0.25) is 0 Å². The summed E-state index contributed by atoms with van der Waals surface area (Å²) < 4.78 is 62.1. The van der Waals surface area contributed by atoms with E-state index in [1.54, 1.807) is 74.5 Å². The molecular formula is C27H25FN6O8S. The second kappa shape index (κ2) is 10.5. The van der Waals surface area contributed by atoms with Gasteiger partial charge in [-0.05, 0) is 38.1 Å². The van der Waals surface area contributed by atoms with E-state index in [1.807, 2.05) is 0 Å². The van der Waals surface area contributed by atoms with E-state index in [-0.39, 0.29) is 28.1 Å². The molecule has 2 aliphatic rings. The Morgan fingerprint density at radius 2 is 1.58 bits per heavy atom. The summed E-state index contributed by atoms with van der Waals surface area (Å²) in [6.07, 6.45) is -1.47. The molecule has 2 N–H and O–H groups in total. The third-order valence-corrected chi connectivity index (χ3v) is 7.29. The summed E-state index contributed by atoms with van der Waals surface area (Å²) in [7, 11) is -4.52. The molecule has 14 nitrogen and oxygen atoms in total. The number of benzene rings is 2. The number of imide groups is 1. The molecule has 0 spiro atoms. The summed E-state index contributed by atoms with van der Waals surface area (Å²) in [6.45, 7) is 2.00. The predicted molar refractivity (Wildman–Crippen MR) is 146 cm³/mol. The highest BCUT2D eigenvalue weighted by atomic mass is 32.2. The van der Waals surface area contributed by atoms with E-state index in [9.17, 15) is 18.0 Å². The summed E-state index contributed by atoms with van der Waals surface area (Å²) in [5, 5.41) is 4.91. The highest BCUT2D eigenvalue weighted by molar-refractivity contribution is 7.84. The molecular weight excluding hydrogens is 587 g/mol. The number of halogens is 1. The molecule has 2 aromatic heterocycles. The second-order valence-corrected chi connectivity index (χ2v) is 11.5. The molecule has 2 saturated heterocycles. The van der Waals surface area contributed by atoms with E-state index in [0.29, 0.717) is 0 Å². The molecule has 0 radical (unpaired) electrons. The van der Waals surface area contributed by atoms with Crippen molar-refractivity contribution in [2.75, 3.05) is 11.5 Å². The molecule has 0 aliphatic carbocycles. The fraction of sp³-hybridized carbons (Fsp3) is 0.296. The Kier molecular flexibility index (Phi) is 7.07. The number of amides is 2. The smallest absolute Gasteiger partial charge is 0.333 e. The number of hydrogen-bond acceptors (Lipinski definition) is 11. The molecule has 0 saturated carbocycles. The fourth-order valence-corrected chi connectivity index (χ4v) is 5.38. The number of ether oxygens (including phenoxy) is 3. The van der Waals surface area contributed by atoms with Gasteiger partial charge in [0.25, 0.3) is 17.7 Å². The first kappa shape index (κ1) is 28.9. The maximum Gasteiger partial charge on any atom is 0.333 e. The van der Waals surface area contributed by atoms with E-state index in [2.05, 4.69) is 19.1 Å². The van der Waals surface area contributed by atoms with Gasteiger partial charge >= 0.3 is 10.3 Å². The molecule has 4 atom stereocenters. The number of aromatic nitrogens is 4. The molecule has 2 aromatic carbocycles. The first-order valence-electron chi connectivity index (χ1n) is 12.9. The summed E-state index contributed by atoms with van der Waals surface area (Å²) >= 11 is 0. The van der Waals surface area contributed by atoms with Crippen LogP contribution in [0.25, 0.3) is 11.2 Å². The maximum atomic E-state index is 16.1. The van der Waals surface area contributed by atoms with E-state index >= 15 is 4.39 Å². The summed E-state index contributed by atoms with van der Waals surface area (Å²) in [4.78, 5) is 41.3. The van der Waals surface area contributed by atoms with E-state index in [0.717, 1.165) is 11.2 Å². The largest absolute Gasteiger partial charge is 0.340 e. The predicted octanol–water partition coefficient (Wildman–Crippen LogP) is 2.25. The minimum Gasteiger partial charge on any atom is -0.340 e. The van der Waals surface area contributed by atoms with Crippen LogP contribution in [0, 0.1) is 0 Å². The van der Waals surface area contributed by atoms with Gasteiger partial charge in [-0.15, -0.1) is 0 Å². The molecule has 4 heterocycles. The maximum absolute atomic E-state index is 16.1. The van der Waals surface area contributed by atoms with Crippen LogP contribution >= 0.6 is 0 Å². The Morgan fingerprint density at radius 3 is 2.16 bits per heavy atom. The molecule has 43 heavy (non-hydrogen) atoms. The van der Waals surface area contributed by atoms with Crippen molar-refractivity contribution in [1.29, 1.82) is 0 Å². The number of nitrogens with zero attached hydrogens (tertiary/aromatic N) is 5. The van der Waals surface area contributed by atoms with Crippen molar-refractivity contribution in [2.24, 2.45) is 5.14 Å². The Labute approximate surface area is 244 Å². The number of fused-ring (bicyclic) bond motifs is 2. The van der Waals surface area contributed by atoms with E-state index in [1.165, 1.54) is 10.9 Å². The monoisotopic (exact) mass is 612 g/mol. The summed E-state index contributed by atoms with van der Waals surface area (Å²) in [5.74, 6) is -5.54. The summed E-state index contributed by atoms with van der Waals surface area (Å²) in [5.41, 5.74) is 0.517. The number of alkyl halides is 1. The summed E-state index contributed by atoms with van der Waals surface area (Å²) in [6, 6.07) is 16.3. The average Bonchev–Trinajstić information content (AvgIpc) is 3.63. The number of anilines is 1. The van der Waals surface area contributed by atoms with Gasteiger partial charge in [0.05, 0.1) is 6.33 Å². The van der Waals surface area contributed by atoms with Crippen molar-refractivity contribution in [3.63, 3.8) is 0 Å². The Hall–Kier alpha value is -4.19. The van der Waals surface area contributed by atoms with Crippen LogP contribution in [0.15, 0.2) is 73.3 Å². The van der Waals surface area contributed by atoms with Crippen molar-refractivity contribution in [3.05, 3.63) is 84.4 Å². The molecule has 2 fully saturated rings. The number of carbonyl (C=O) groups excluding carboxylic acids is 2. The normalized spacial score (nSPS) is 24.6. The van der Waals surface area contributed by atoms with Crippen molar-refractivity contribution >= 4 is 39.1 Å². The van der Waals surface area contributed by atoms with E-state index < -0.39 is 58.8 Å². The Morgan fingerprint density at radius 1 is 0.977 bits per heavy atom. The van der Waals surface area contributed by atoms with Crippen LogP contribution in [-0.2, 0) is 28.7 Å². The SMILES string of the molecule is CC1(C)O[C@H]2[C@H](n3cnc4c(N(C(=O)c5ccccc5)C(=O)c5ccccc5)ncnc43)O[C@@](F)(COS(N)(=O)=O)[C@H]2O1. The average molecular weight is 613 g/mol. The number of imidazole rings is 1. The number of hydrogen-bond donors (Lipinski definition) is 1. The van der Waals surface area contributed by atoms with Gasteiger partial charge in [0.15, 0.2) is 35.1 Å². The molecule has 224 valence electrons. The lowest BCUT2D eigenvalue weighted by Crippen LogP contribution is -2.44. The van der Waals surface area contributed by atoms with Crippen LogP contribution in [0.5, 0.6) is 0 Å². The van der Waals surface area contributed by atoms with Crippen LogP contribution in [0.3, 0.4) is 0 Å². The van der Waals surface area contributed by atoms with Gasteiger partial charge in [-0.1, -0.05) is 36.4 Å². The molecule has 0 unspecified atom stereocenters. The lowest BCUT2D eigenvalue weighted by atomic mass is 10.1. The van der Waals surface area contributed by atoms with Gasteiger partial charge in [-0.3, -0.25) is 18.3 Å². The Balaban J connectivity index is 1.44. The van der Waals surface area contributed by atoms with Crippen LogP contribution in [-0.4, -0.2) is 70.2 Å². The molecule has 6 rings (SSSR count). The minimum absolute atomic E-state index is 0.0199. The standard InChI is InChI=1S/C27H25FN6O8S/c1-26(2)40-19-20(41-26)27(28,13-39-43(29,37)38)42-25(19)33-15-32-18-21(33)30-14-31-22(18)34(23(35)16-9-5-3-6-10-16)24(36)17-11-7-4-8-12-17/h3-12,14-15,19-20,25H,13H2,1-2H3,(H2,29,37,38)/t19-,20+,25-,27+/m1/s1. The quantitative estimate of drug-likeness (QED) is 0.303. The third-order valence-electron chi connectivity index (χ3n) is 6.84. The van der Waals surface area contributed by atoms with Gasteiger partial charge in [0.1, 0.15) is 19.0 Å². The van der Waals surface area contributed by atoms with Crippen LogP contribution in [0.4, 0.5) is 10.2 Å². The Bertz CT molecular complexity index is 1750. The zero-order valence-electron chi connectivity index (χ0n) is 22.7. The highest BCUT2D eigenvalue weighted by Crippen LogP contribution is 2.49. The minimum atomic E-state index is -4.52. The highest BCUT2D eigenvalue weighted by Gasteiger charge is 2.65. The van der Waals surface area contributed by atoms with Crippen molar-refractivity contribution < 1.29 is 40.8 Å². The lowest BCUT2D eigenvalue weighted by Gasteiger charge is -2.27. The number of nitrogens with two attached hydrogens (primary N) is 1. The lowest BCUT2D eigenvalue weighted by molar-refractivity contribution is -0.261. The third kappa shape index (κ3) is 5.39. The van der Waals surface area contributed by atoms with Crippen molar-refractivity contribution in [2.45, 2.75) is 43.9 Å².